The number of urea groups is 1. The maximum Gasteiger partial charge on any atom is 0.317 e. The highest BCUT2D eigenvalue weighted by Crippen LogP contribution is 2.24. The van der Waals surface area contributed by atoms with E-state index in [9.17, 15) is 14.9 Å². The lowest BCUT2D eigenvalue weighted by molar-refractivity contribution is 0.194. The number of carbonyl (C=O) groups excluding carboxylic acids is 1. The molecule has 0 spiro atoms. The number of nitrogens with one attached hydrogen (secondary N) is 1. The molecule has 1 heterocycles. The summed E-state index contributed by atoms with van der Waals surface area (Å²) in [5.41, 5.74) is 5.97. The maximum absolute atomic E-state index is 13.8. The van der Waals surface area contributed by atoms with E-state index >= 15 is 0 Å². The molecule has 0 atom stereocenters. The van der Waals surface area contributed by atoms with Gasteiger partial charge >= 0.3 is 6.03 Å². The molecule has 0 bridgehead atoms. The van der Waals surface area contributed by atoms with Gasteiger partial charge in [-0.2, -0.15) is 5.26 Å². The van der Waals surface area contributed by atoms with E-state index in [4.69, 9.17) is 0 Å². The summed E-state index contributed by atoms with van der Waals surface area (Å²) in [6.07, 6.45) is 2.83. The third kappa shape index (κ3) is 6.82. The molecule has 0 fully saturated rings. The minimum atomic E-state index is -0.229. The lowest BCUT2D eigenvalue weighted by Gasteiger charge is -2.23. The number of rotatable bonds is 10. The molecule has 0 saturated carbocycles. The van der Waals surface area contributed by atoms with E-state index in [1.54, 1.807) is 11.9 Å². The summed E-state index contributed by atoms with van der Waals surface area (Å²) in [6.45, 7) is 3.19. The number of benzene rings is 3. The second-order valence-corrected chi connectivity index (χ2v) is 9.60. The predicted molar refractivity (Wildman–Crippen MR) is 155 cm³/mol. The predicted octanol–water partition coefficient (Wildman–Crippen LogP) is 6.12. The summed E-state index contributed by atoms with van der Waals surface area (Å²) < 4.78 is 1.84. The molecule has 2 amide bonds. The first-order chi connectivity index (χ1) is 19.0. The fourth-order valence-corrected chi connectivity index (χ4v) is 4.70. The standard InChI is InChI=1S/C33H34N4O2/c1-3-4-13-30-20-19-29(24-36(33(39)35-2)22-25-10-6-5-7-11-25)32(38)37(30)23-26-15-17-27(18-16-26)31-14-9-8-12-28(31)21-34/h5-12,14-20H,3-4,13,22-24H2,1-2H3,(H,35,39). The van der Waals surface area contributed by atoms with Gasteiger partial charge in [0.25, 0.3) is 5.56 Å². The highest BCUT2D eigenvalue weighted by atomic mass is 16.2. The van der Waals surface area contributed by atoms with Gasteiger partial charge in [-0.05, 0) is 53.3 Å². The molecule has 4 rings (SSSR count). The Morgan fingerprint density at radius 1 is 0.897 bits per heavy atom. The number of aryl methyl sites for hydroxylation is 1. The molecule has 0 aliphatic carbocycles. The van der Waals surface area contributed by atoms with Crippen molar-refractivity contribution in [2.45, 2.75) is 45.8 Å². The first-order valence-electron chi connectivity index (χ1n) is 13.3. The van der Waals surface area contributed by atoms with Crippen molar-refractivity contribution in [2.75, 3.05) is 7.05 Å². The summed E-state index contributed by atoms with van der Waals surface area (Å²) in [6, 6.07) is 31.3. The van der Waals surface area contributed by atoms with E-state index in [2.05, 4.69) is 18.3 Å². The molecule has 0 saturated heterocycles. The summed E-state index contributed by atoms with van der Waals surface area (Å²) >= 11 is 0. The maximum atomic E-state index is 13.8. The van der Waals surface area contributed by atoms with Crippen LogP contribution in [0.25, 0.3) is 11.1 Å². The largest absolute Gasteiger partial charge is 0.341 e. The topological polar surface area (TPSA) is 78.1 Å². The van der Waals surface area contributed by atoms with Crippen LogP contribution in [-0.2, 0) is 26.1 Å². The number of hydrogen-bond acceptors (Lipinski definition) is 3. The van der Waals surface area contributed by atoms with E-state index < -0.39 is 0 Å². The zero-order valence-corrected chi connectivity index (χ0v) is 22.6. The fourth-order valence-electron chi connectivity index (χ4n) is 4.70. The van der Waals surface area contributed by atoms with Crippen molar-refractivity contribution in [3.05, 3.63) is 129 Å². The van der Waals surface area contributed by atoms with Crippen LogP contribution in [0.3, 0.4) is 0 Å². The normalized spacial score (nSPS) is 10.6. The van der Waals surface area contributed by atoms with Crippen LogP contribution in [0.15, 0.2) is 95.8 Å². The lowest BCUT2D eigenvalue weighted by Crippen LogP contribution is -2.39. The van der Waals surface area contributed by atoms with Gasteiger partial charge in [-0.25, -0.2) is 4.79 Å². The fraction of sp³-hybridized carbons (Fsp3) is 0.242. The van der Waals surface area contributed by atoms with Gasteiger partial charge in [-0.3, -0.25) is 4.79 Å². The molecule has 0 aliphatic heterocycles. The van der Waals surface area contributed by atoms with Crippen molar-refractivity contribution in [3.8, 4) is 17.2 Å². The summed E-state index contributed by atoms with van der Waals surface area (Å²) in [7, 11) is 1.60. The molecular weight excluding hydrogens is 484 g/mol. The molecule has 6 heteroatoms. The number of pyridine rings is 1. The highest BCUT2D eigenvalue weighted by Gasteiger charge is 2.17. The van der Waals surface area contributed by atoms with E-state index in [0.717, 1.165) is 47.2 Å². The van der Waals surface area contributed by atoms with Crippen LogP contribution in [-0.4, -0.2) is 22.5 Å². The third-order valence-electron chi connectivity index (χ3n) is 6.86. The first-order valence-corrected chi connectivity index (χ1v) is 13.3. The van der Waals surface area contributed by atoms with Crippen LogP contribution in [0, 0.1) is 11.3 Å². The zero-order chi connectivity index (χ0) is 27.6. The number of unbranched alkanes of at least 4 members (excludes halogenated alkanes) is 1. The van der Waals surface area contributed by atoms with Crippen LogP contribution < -0.4 is 10.9 Å². The van der Waals surface area contributed by atoms with Gasteiger partial charge in [0, 0.05) is 24.8 Å². The smallest absolute Gasteiger partial charge is 0.317 e. The van der Waals surface area contributed by atoms with Gasteiger partial charge in [0.15, 0.2) is 0 Å². The van der Waals surface area contributed by atoms with Crippen molar-refractivity contribution >= 4 is 6.03 Å². The molecule has 1 aromatic heterocycles. The van der Waals surface area contributed by atoms with Gasteiger partial charge in [0.2, 0.25) is 0 Å². The summed E-state index contributed by atoms with van der Waals surface area (Å²) in [5.74, 6) is 0. The van der Waals surface area contributed by atoms with Gasteiger partial charge < -0.3 is 14.8 Å². The van der Waals surface area contributed by atoms with Gasteiger partial charge in [-0.15, -0.1) is 0 Å². The Morgan fingerprint density at radius 2 is 1.62 bits per heavy atom. The van der Waals surface area contributed by atoms with E-state index in [0.29, 0.717) is 24.2 Å². The lowest BCUT2D eigenvalue weighted by atomic mass is 9.99. The monoisotopic (exact) mass is 518 g/mol. The van der Waals surface area contributed by atoms with Gasteiger partial charge in [0.05, 0.1) is 24.7 Å². The van der Waals surface area contributed by atoms with Crippen LogP contribution in [0.5, 0.6) is 0 Å². The van der Waals surface area contributed by atoms with E-state index in [1.165, 1.54) is 0 Å². The molecule has 3 aromatic carbocycles. The number of aromatic nitrogens is 1. The molecule has 0 unspecified atom stereocenters. The zero-order valence-electron chi connectivity index (χ0n) is 22.6. The summed E-state index contributed by atoms with van der Waals surface area (Å²) in [5, 5.41) is 12.2. The van der Waals surface area contributed by atoms with E-state index in [-0.39, 0.29) is 18.1 Å². The molecule has 39 heavy (non-hydrogen) atoms. The minimum Gasteiger partial charge on any atom is -0.341 e. The molecule has 0 aliphatic rings. The van der Waals surface area contributed by atoms with Crippen molar-refractivity contribution in [1.29, 1.82) is 5.26 Å². The molecule has 198 valence electrons. The van der Waals surface area contributed by atoms with Crippen molar-refractivity contribution in [1.82, 2.24) is 14.8 Å². The van der Waals surface area contributed by atoms with Crippen LogP contribution in [0.4, 0.5) is 4.79 Å². The van der Waals surface area contributed by atoms with Crippen molar-refractivity contribution < 1.29 is 4.79 Å². The molecular formula is C33H34N4O2. The highest BCUT2D eigenvalue weighted by molar-refractivity contribution is 5.74. The third-order valence-corrected chi connectivity index (χ3v) is 6.86. The first kappa shape index (κ1) is 27.4. The average Bonchev–Trinajstić information content (AvgIpc) is 2.98. The van der Waals surface area contributed by atoms with E-state index in [1.807, 2.05) is 95.6 Å². The minimum absolute atomic E-state index is 0.0792. The quantitative estimate of drug-likeness (QED) is 0.275. The SMILES string of the molecule is CCCCc1ccc(CN(Cc2ccccc2)C(=O)NC)c(=O)n1Cc1ccc(-c2ccccc2C#N)cc1. The van der Waals surface area contributed by atoms with Crippen LogP contribution in [0.1, 0.15) is 47.7 Å². The molecule has 6 nitrogen and oxygen atoms in total. The number of nitrogens with zero attached hydrogens (tertiary/aromatic N) is 3. The number of amides is 2. The van der Waals surface area contributed by atoms with Crippen LogP contribution >= 0.6 is 0 Å². The Kier molecular flexibility index (Phi) is 9.31. The molecule has 0 radical (unpaired) electrons. The van der Waals surface area contributed by atoms with Crippen molar-refractivity contribution in [3.63, 3.8) is 0 Å². The summed E-state index contributed by atoms with van der Waals surface area (Å²) in [4.78, 5) is 28.1. The Morgan fingerprint density at radius 3 is 2.31 bits per heavy atom. The van der Waals surface area contributed by atoms with Gasteiger partial charge in [-0.1, -0.05) is 86.1 Å². The Balaban J connectivity index is 1.64. The number of nitriles is 1. The molecule has 1 N–H and O–H groups in total. The van der Waals surface area contributed by atoms with Crippen LogP contribution in [0.2, 0.25) is 0 Å². The van der Waals surface area contributed by atoms with Gasteiger partial charge in [0.1, 0.15) is 0 Å². The number of hydrogen-bond donors (Lipinski definition) is 1. The Hall–Kier alpha value is -4.63. The Labute approximate surface area is 230 Å². The second-order valence-electron chi connectivity index (χ2n) is 9.60. The molecule has 4 aromatic rings. The Bertz CT molecular complexity index is 1500. The van der Waals surface area contributed by atoms with Crippen molar-refractivity contribution in [2.24, 2.45) is 0 Å². The average molecular weight is 519 g/mol. The number of carbonyl (C=O) groups is 1. The second kappa shape index (κ2) is 13.3.